The summed E-state index contributed by atoms with van der Waals surface area (Å²) in [5, 5.41) is 5.10. The number of halogens is 1. The van der Waals surface area contributed by atoms with Gasteiger partial charge in [-0.3, -0.25) is 14.9 Å². The van der Waals surface area contributed by atoms with Crippen LogP contribution in [0.4, 0.5) is 14.4 Å². The normalized spacial score (nSPS) is 12.8. The van der Waals surface area contributed by atoms with Crippen LogP contribution in [0.3, 0.4) is 0 Å². The van der Waals surface area contributed by atoms with Gasteiger partial charge in [0.2, 0.25) is 5.91 Å². The molecule has 0 aliphatic carbocycles. The molecule has 2 N–H and O–H groups in total. The number of methoxy groups -OCH3 is 1. The van der Waals surface area contributed by atoms with E-state index >= 15 is 0 Å². The summed E-state index contributed by atoms with van der Waals surface area (Å²) in [6.45, 7) is 3.58. The number of carbonyl (C=O) groups excluding carboxylic acids is 3. The van der Waals surface area contributed by atoms with Gasteiger partial charge < -0.3 is 14.8 Å². The number of amides is 2. The van der Waals surface area contributed by atoms with Gasteiger partial charge in [-0.1, -0.05) is 31.2 Å². The second kappa shape index (κ2) is 12.6. The Morgan fingerprint density at radius 2 is 1.97 bits per heavy atom. The van der Waals surface area contributed by atoms with Crippen LogP contribution in [0.1, 0.15) is 32.0 Å². The Kier molecular flexibility index (Phi) is 9.92. The number of aromatic nitrogens is 2. The predicted molar refractivity (Wildman–Crippen MR) is 124 cm³/mol. The van der Waals surface area contributed by atoms with Crippen molar-refractivity contribution in [3.05, 3.63) is 48.4 Å². The van der Waals surface area contributed by atoms with Crippen LogP contribution in [0.25, 0.3) is 11.3 Å². The van der Waals surface area contributed by atoms with Crippen molar-refractivity contribution in [2.45, 2.75) is 26.2 Å². The highest BCUT2D eigenvalue weighted by molar-refractivity contribution is 7.92. The molecule has 0 aliphatic rings. The summed E-state index contributed by atoms with van der Waals surface area (Å²) < 4.78 is 24.6. The zero-order valence-corrected chi connectivity index (χ0v) is 19.6. The van der Waals surface area contributed by atoms with Crippen LogP contribution in [0.2, 0.25) is 0 Å². The molecule has 33 heavy (non-hydrogen) atoms. The van der Waals surface area contributed by atoms with Crippen molar-refractivity contribution in [1.29, 1.82) is 0 Å². The minimum atomic E-state index is -0.865. The molecule has 1 aromatic heterocycles. The van der Waals surface area contributed by atoms with E-state index in [1.807, 2.05) is 0 Å². The van der Waals surface area contributed by atoms with E-state index in [2.05, 4.69) is 20.4 Å². The maximum Gasteiger partial charge on any atom is 0.411 e. The Bertz CT molecular complexity index is 993. The first-order valence-corrected chi connectivity index (χ1v) is 10.9. The third kappa shape index (κ3) is 7.07. The lowest BCUT2D eigenvalue weighted by atomic mass is 10.0. The van der Waals surface area contributed by atoms with Gasteiger partial charge >= 0.3 is 12.1 Å². The number of nitrogens with one attached hydrogen (secondary N) is 2. The predicted octanol–water partition coefficient (Wildman–Crippen LogP) is 4.08. The van der Waals surface area contributed by atoms with Gasteiger partial charge in [-0.05, 0) is 25.5 Å². The van der Waals surface area contributed by atoms with Gasteiger partial charge in [0, 0.05) is 24.5 Å². The van der Waals surface area contributed by atoms with Crippen LogP contribution < -0.4 is 10.6 Å². The molecular formula is C22H27FN4O5S. The fraction of sp³-hybridized carbons (Fsp3) is 0.364. The van der Waals surface area contributed by atoms with Crippen molar-refractivity contribution < 1.29 is 27.7 Å². The van der Waals surface area contributed by atoms with E-state index < -0.39 is 18.0 Å². The average Bonchev–Trinajstić information content (AvgIpc) is 3.25. The van der Waals surface area contributed by atoms with E-state index in [1.165, 1.54) is 17.3 Å². The van der Waals surface area contributed by atoms with Crippen molar-refractivity contribution in [1.82, 2.24) is 14.3 Å². The van der Waals surface area contributed by atoms with Crippen LogP contribution in [-0.4, -0.2) is 47.7 Å². The first kappa shape index (κ1) is 25.9. The van der Waals surface area contributed by atoms with Gasteiger partial charge in [0.05, 0.1) is 25.3 Å². The van der Waals surface area contributed by atoms with Crippen molar-refractivity contribution >= 4 is 36.0 Å². The van der Waals surface area contributed by atoms with Gasteiger partial charge in [-0.15, -0.1) is 3.89 Å². The lowest BCUT2D eigenvalue weighted by Crippen LogP contribution is -2.24. The maximum atomic E-state index is 13.7. The molecule has 0 saturated heterocycles. The molecule has 1 heterocycles. The van der Waals surface area contributed by atoms with E-state index in [-0.39, 0.29) is 43.0 Å². The molecular weight excluding hydrogens is 451 g/mol. The number of imidazole rings is 1. The summed E-state index contributed by atoms with van der Waals surface area (Å²) in [4.78, 5) is 40.1. The van der Waals surface area contributed by atoms with Crippen LogP contribution in [-0.2, 0) is 19.1 Å². The number of nitrogens with zero attached hydrogens (tertiary/aromatic N) is 2. The molecule has 2 rings (SSSR count). The monoisotopic (exact) mass is 478 g/mol. The van der Waals surface area contributed by atoms with Gasteiger partial charge in [0.1, 0.15) is 11.7 Å². The smallest absolute Gasteiger partial charge is 0.411 e. The number of hydrogen-bond donors (Lipinski definition) is 2. The molecule has 178 valence electrons. The zero-order chi connectivity index (χ0) is 24.4. The number of ether oxygens (including phenoxy) is 2. The van der Waals surface area contributed by atoms with Gasteiger partial charge in [-0.25, -0.2) is 13.8 Å². The summed E-state index contributed by atoms with van der Waals surface area (Å²) in [5.41, 5.74) is 1.62. The van der Waals surface area contributed by atoms with Gasteiger partial charge in [0.15, 0.2) is 12.3 Å². The largest absolute Gasteiger partial charge is 0.465 e. The van der Waals surface area contributed by atoms with E-state index in [1.54, 1.807) is 57.3 Å². The van der Waals surface area contributed by atoms with Gasteiger partial charge in [0.25, 0.3) is 0 Å². The molecule has 11 heteroatoms. The highest BCUT2D eigenvalue weighted by Gasteiger charge is 2.27. The minimum Gasteiger partial charge on any atom is -0.465 e. The SMILES string of the molecule is CCOC(=O)C(C/C=C/C(C)C(=O)NC)c1nc(-c2ccc(NC(=O)OC)cc2)cn1SF. The molecule has 1 aromatic carbocycles. The Hall–Kier alpha value is -3.34. The lowest BCUT2D eigenvalue weighted by Gasteiger charge is -2.13. The van der Waals surface area contributed by atoms with E-state index in [0.29, 0.717) is 16.9 Å². The summed E-state index contributed by atoms with van der Waals surface area (Å²) >= 11 is -0.0778. The van der Waals surface area contributed by atoms with E-state index in [9.17, 15) is 18.3 Å². The van der Waals surface area contributed by atoms with E-state index in [4.69, 9.17) is 4.74 Å². The molecule has 0 radical (unpaired) electrons. The second-order valence-corrected chi connectivity index (χ2v) is 7.48. The summed E-state index contributed by atoms with van der Waals surface area (Å²) in [5.74, 6) is -1.77. The number of carbonyl (C=O) groups is 3. The number of esters is 1. The summed E-state index contributed by atoms with van der Waals surface area (Å²) in [6, 6.07) is 6.71. The zero-order valence-electron chi connectivity index (χ0n) is 18.8. The molecule has 0 spiro atoms. The first-order chi connectivity index (χ1) is 15.8. The lowest BCUT2D eigenvalue weighted by molar-refractivity contribution is -0.145. The number of rotatable bonds is 10. The average molecular weight is 479 g/mol. The molecule has 9 nitrogen and oxygen atoms in total. The Labute approximate surface area is 196 Å². The first-order valence-electron chi connectivity index (χ1n) is 10.2. The standard InChI is InChI=1S/C22H27FN4O5S/c1-5-32-21(29)17(8-6-7-14(2)20(28)24-3)19-26-18(13-27(19)33-23)15-9-11-16(12-10-15)25-22(30)31-4/h6-7,9-14,17H,5,8H2,1-4H3,(H,24,28)(H,25,30)/b7-6+. The number of anilines is 1. The Balaban J connectivity index is 2.32. The summed E-state index contributed by atoms with van der Waals surface area (Å²) in [7, 11) is 2.81. The molecule has 2 aromatic rings. The minimum absolute atomic E-state index is 0.0778. The van der Waals surface area contributed by atoms with Crippen molar-refractivity contribution in [3.8, 4) is 11.3 Å². The van der Waals surface area contributed by atoms with Crippen LogP contribution in [0.5, 0.6) is 0 Å². The number of hydrogen-bond acceptors (Lipinski definition) is 7. The molecule has 2 atom stereocenters. The third-order valence-electron chi connectivity index (χ3n) is 4.73. The van der Waals surface area contributed by atoms with Crippen LogP contribution in [0, 0.1) is 5.92 Å². The molecule has 2 unspecified atom stereocenters. The van der Waals surface area contributed by atoms with E-state index in [0.717, 1.165) is 0 Å². The fourth-order valence-corrected chi connectivity index (χ4v) is 3.36. The molecule has 0 saturated carbocycles. The van der Waals surface area contributed by atoms with Gasteiger partial charge in [-0.2, -0.15) is 0 Å². The van der Waals surface area contributed by atoms with Crippen molar-refractivity contribution in [2.24, 2.45) is 5.92 Å². The molecule has 0 fully saturated rings. The quantitative estimate of drug-likeness (QED) is 0.391. The summed E-state index contributed by atoms with van der Waals surface area (Å²) in [6.07, 6.45) is 4.43. The van der Waals surface area contributed by atoms with Crippen molar-refractivity contribution in [3.63, 3.8) is 0 Å². The molecule has 0 aliphatic heterocycles. The highest BCUT2D eigenvalue weighted by Crippen LogP contribution is 2.30. The maximum absolute atomic E-state index is 13.7. The Morgan fingerprint density at radius 3 is 2.55 bits per heavy atom. The molecule has 0 bridgehead atoms. The highest BCUT2D eigenvalue weighted by atomic mass is 32.2. The second-order valence-electron chi connectivity index (χ2n) is 6.94. The van der Waals surface area contributed by atoms with Crippen LogP contribution in [0.15, 0.2) is 42.6 Å². The van der Waals surface area contributed by atoms with Crippen molar-refractivity contribution in [2.75, 3.05) is 26.1 Å². The fourth-order valence-electron chi connectivity index (χ4n) is 2.98. The Morgan fingerprint density at radius 1 is 1.27 bits per heavy atom. The third-order valence-corrected chi connectivity index (χ3v) is 5.17. The number of allylic oxidation sites excluding steroid dienone is 1. The number of benzene rings is 1. The van der Waals surface area contributed by atoms with Crippen LogP contribution >= 0.6 is 12.3 Å². The molecule has 2 amide bonds. The topological polar surface area (TPSA) is 112 Å².